The summed E-state index contributed by atoms with van der Waals surface area (Å²) in [6.45, 7) is 5.30. The molecule has 51 heavy (non-hydrogen) atoms. The van der Waals surface area contributed by atoms with Crippen molar-refractivity contribution in [3.05, 3.63) is 104 Å². The second-order valence-corrected chi connectivity index (χ2v) is 15.2. The predicted molar refractivity (Wildman–Crippen MR) is 204 cm³/mol. The van der Waals surface area contributed by atoms with Gasteiger partial charge >= 0.3 is 12.1 Å². The molecule has 2 unspecified atom stereocenters. The van der Waals surface area contributed by atoms with Gasteiger partial charge in [-0.25, -0.2) is 14.6 Å². The van der Waals surface area contributed by atoms with Crippen molar-refractivity contribution in [2.75, 3.05) is 27.7 Å². The van der Waals surface area contributed by atoms with E-state index in [9.17, 15) is 14.4 Å². The van der Waals surface area contributed by atoms with Gasteiger partial charge in [0, 0.05) is 36.6 Å². The molecule has 2 aromatic heterocycles. The number of rotatable bonds is 19. The number of ether oxygens (including phenoxy) is 1. The first-order valence-electron chi connectivity index (χ1n) is 17.3. The summed E-state index contributed by atoms with van der Waals surface area (Å²) in [7, 11) is 5.60. The summed E-state index contributed by atoms with van der Waals surface area (Å²) >= 11 is 3.02. The molecule has 4 rings (SSSR count). The fourth-order valence-electron chi connectivity index (χ4n) is 5.50. The van der Waals surface area contributed by atoms with Crippen molar-refractivity contribution >= 4 is 40.7 Å². The predicted octanol–water partition coefficient (Wildman–Crippen LogP) is 6.23. The van der Waals surface area contributed by atoms with Crippen molar-refractivity contribution in [2.24, 2.45) is 0 Å². The van der Waals surface area contributed by atoms with Crippen molar-refractivity contribution in [3.8, 4) is 0 Å². The average Bonchev–Trinajstić information content (AvgIpc) is 3.81. The number of hydrogen-bond donors (Lipinski definition) is 3. The van der Waals surface area contributed by atoms with Gasteiger partial charge in [0.2, 0.25) is 5.91 Å². The van der Waals surface area contributed by atoms with Crippen LogP contribution in [0.15, 0.2) is 77.8 Å². The molecule has 3 atom stereocenters. The lowest BCUT2D eigenvalue weighted by atomic mass is 9.95. The lowest BCUT2D eigenvalue weighted by Crippen LogP contribution is -2.53. The zero-order valence-corrected chi connectivity index (χ0v) is 31.8. The van der Waals surface area contributed by atoms with Crippen LogP contribution in [0.2, 0.25) is 0 Å². The normalized spacial score (nSPS) is 13.0. The molecule has 0 aliphatic heterocycles. The summed E-state index contributed by atoms with van der Waals surface area (Å²) in [4.78, 5) is 53.4. The molecular weight excluding hydrogens is 683 g/mol. The number of thiazole rings is 2. The Morgan fingerprint density at radius 3 is 2.00 bits per heavy atom. The highest BCUT2D eigenvalue weighted by atomic mass is 32.1. The van der Waals surface area contributed by atoms with Crippen LogP contribution >= 0.6 is 22.7 Å². The summed E-state index contributed by atoms with van der Waals surface area (Å²) in [5.41, 5.74) is 4.69. The van der Waals surface area contributed by atoms with Gasteiger partial charge in [-0.3, -0.25) is 9.78 Å². The van der Waals surface area contributed by atoms with Crippen LogP contribution in [-0.2, 0) is 35.5 Å². The molecule has 2 aromatic carbocycles. The number of amides is 4. The number of alkyl carbamates (subject to hydrolysis) is 1. The minimum Gasteiger partial charge on any atom is -0.444 e. The Bertz CT molecular complexity index is 1620. The van der Waals surface area contributed by atoms with Gasteiger partial charge in [0.05, 0.1) is 27.6 Å². The molecule has 0 aliphatic rings. The fraction of sp³-hybridized carbons (Fsp3) is 0.447. The minimum absolute atomic E-state index is 0.152. The molecule has 0 saturated carbocycles. The van der Waals surface area contributed by atoms with E-state index in [4.69, 9.17) is 4.74 Å². The van der Waals surface area contributed by atoms with E-state index in [1.54, 1.807) is 35.0 Å². The van der Waals surface area contributed by atoms with Crippen molar-refractivity contribution in [3.63, 3.8) is 0 Å². The van der Waals surface area contributed by atoms with Crippen molar-refractivity contribution in [1.29, 1.82) is 0 Å². The van der Waals surface area contributed by atoms with Gasteiger partial charge in [0.15, 0.2) is 0 Å². The van der Waals surface area contributed by atoms with E-state index in [1.807, 2.05) is 85.0 Å². The molecule has 2 heterocycles. The fourth-order valence-corrected chi connectivity index (χ4v) is 6.83. The van der Waals surface area contributed by atoms with Gasteiger partial charge in [-0.2, -0.15) is 0 Å². The van der Waals surface area contributed by atoms with E-state index in [2.05, 4.69) is 39.8 Å². The van der Waals surface area contributed by atoms with E-state index >= 15 is 0 Å². The molecule has 0 radical (unpaired) electrons. The third-order valence-corrected chi connectivity index (χ3v) is 10.2. The Hall–Kier alpha value is -4.33. The largest absolute Gasteiger partial charge is 0.444 e. The number of nitrogens with one attached hydrogen (secondary N) is 3. The molecular formula is C38H51N7O4S2. The quantitative estimate of drug-likeness (QED) is 0.104. The molecule has 13 heteroatoms. The summed E-state index contributed by atoms with van der Waals surface area (Å²) in [5, 5.41) is 12.3. The van der Waals surface area contributed by atoms with E-state index < -0.39 is 12.1 Å². The number of carbonyl (C=O) groups excluding carboxylic acids is 3. The number of benzene rings is 2. The van der Waals surface area contributed by atoms with Gasteiger partial charge in [-0.15, -0.1) is 22.7 Å². The molecule has 0 spiro atoms. The molecule has 0 bridgehead atoms. The van der Waals surface area contributed by atoms with Crippen LogP contribution < -0.4 is 16.0 Å². The third kappa shape index (κ3) is 14.1. The van der Waals surface area contributed by atoms with E-state index in [0.29, 0.717) is 51.1 Å². The standard InChI is InChI=1S/C38H51N7O4S2/c1-27(2)36-41-32(25-50-36)23-45(5)37(47)43-34(18-19-44(3)4)35(46)40-30(20-28-12-8-6-9-13-28)16-17-31(21-29-14-10-7-11-15-29)42-38(48)49-24-33-22-39-26-51-33/h6-15,22,25-27,30-31,34H,16-21,23-24H2,1-5H3,(H,40,46)(H,42,48)(H,43,47)/t30-,31?,34?/m0/s1. The Labute approximate surface area is 309 Å². The van der Waals surface area contributed by atoms with Crippen molar-refractivity contribution < 1.29 is 19.1 Å². The van der Waals surface area contributed by atoms with Crippen LogP contribution in [-0.4, -0.2) is 83.6 Å². The van der Waals surface area contributed by atoms with Crippen LogP contribution in [0.4, 0.5) is 9.59 Å². The third-order valence-electron chi connectivity index (χ3n) is 8.30. The topological polar surface area (TPSA) is 129 Å². The summed E-state index contributed by atoms with van der Waals surface area (Å²) in [5.74, 6) is 0.0741. The summed E-state index contributed by atoms with van der Waals surface area (Å²) in [6, 6.07) is 18.4. The highest BCUT2D eigenvalue weighted by molar-refractivity contribution is 7.09. The van der Waals surface area contributed by atoms with Crippen LogP contribution in [0.25, 0.3) is 0 Å². The minimum atomic E-state index is -0.748. The lowest BCUT2D eigenvalue weighted by molar-refractivity contribution is -0.124. The maximum absolute atomic E-state index is 14.0. The second-order valence-electron chi connectivity index (χ2n) is 13.3. The molecule has 11 nitrogen and oxygen atoms in total. The van der Waals surface area contributed by atoms with Gasteiger partial charge in [-0.05, 0) is 63.9 Å². The maximum Gasteiger partial charge on any atom is 0.407 e. The van der Waals surface area contributed by atoms with Crippen LogP contribution in [0.5, 0.6) is 0 Å². The second kappa shape index (κ2) is 20.5. The molecule has 4 amide bonds. The van der Waals surface area contributed by atoms with E-state index in [-0.39, 0.29) is 30.6 Å². The molecule has 4 aromatic rings. The monoisotopic (exact) mass is 733 g/mol. The number of nitrogens with zero attached hydrogens (tertiary/aromatic N) is 4. The van der Waals surface area contributed by atoms with Crippen LogP contribution in [0.3, 0.4) is 0 Å². The molecule has 0 fully saturated rings. The molecule has 274 valence electrons. The van der Waals surface area contributed by atoms with Gasteiger partial charge in [-0.1, -0.05) is 74.5 Å². The number of urea groups is 1. The Balaban J connectivity index is 1.45. The molecule has 0 saturated heterocycles. The Morgan fingerprint density at radius 1 is 0.824 bits per heavy atom. The van der Waals surface area contributed by atoms with Crippen LogP contribution in [0.1, 0.15) is 65.7 Å². The average molecular weight is 734 g/mol. The molecule has 0 aliphatic carbocycles. The Kier molecular flexibility index (Phi) is 15.9. The molecule has 3 N–H and O–H groups in total. The maximum atomic E-state index is 14.0. The summed E-state index contributed by atoms with van der Waals surface area (Å²) in [6.07, 6.45) is 4.00. The van der Waals surface area contributed by atoms with Gasteiger partial charge in [0.1, 0.15) is 12.6 Å². The van der Waals surface area contributed by atoms with Gasteiger partial charge in [0.25, 0.3) is 0 Å². The van der Waals surface area contributed by atoms with Crippen molar-refractivity contribution in [1.82, 2.24) is 35.7 Å². The highest BCUT2D eigenvalue weighted by Gasteiger charge is 2.26. The van der Waals surface area contributed by atoms with E-state index in [1.165, 1.54) is 11.3 Å². The lowest BCUT2D eigenvalue weighted by Gasteiger charge is -2.27. The van der Waals surface area contributed by atoms with Crippen molar-refractivity contribution in [2.45, 2.75) is 83.1 Å². The zero-order valence-electron chi connectivity index (χ0n) is 30.2. The highest BCUT2D eigenvalue weighted by Crippen LogP contribution is 2.20. The van der Waals surface area contributed by atoms with Gasteiger partial charge < -0.3 is 30.5 Å². The van der Waals surface area contributed by atoms with E-state index in [0.717, 1.165) is 26.7 Å². The Morgan fingerprint density at radius 2 is 1.45 bits per heavy atom. The number of aromatic nitrogens is 2. The van der Waals surface area contributed by atoms with Crippen LogP contribution in [0, 0.1) is 0 Å². The number of hydrogen-bond acceptors (Lipinski definition) is 9. The first kappa shape index (κ1) is 39.5. The summed E-state index contributed by atoms with van der Waals surface area (Å²) < 4.78 is 5.50. The smallest absolute Gasteiger partial charge is 0.407 e. The zero-order chi connectivity index (χ0) is 36.6. The first-order chi connectivity index (χ1) is 24.5. The first-order valence-corrected chi connectivity index (χ1v) is 19.1. The SMILES string of the molecule is CC(C)c1nc(CN(C)C(=O)NC(CCN(C)C)C(=O)N[C@@H](CCC(Cc2ccccc2)NC(=O)OCc2cncs2)Cc2ccccc2)cs1. The number of carbonyl (C=O) groups is 3.